The van der Waals surface area contributed by atoms with Crippen LogP contribution in [-0.4, -0.2) is 35.2 Å². The zero-order valence-electron chi connectivity index (χ0n) is 12.1. The molecule has 7 heteroatoms. The smallest absolute Gasteiger partial charge is 0.262 e. The van der Waals surface area contributed by atoms with Crippen molar-refractivity contribution in [3.8, 4) is 0 Å². The number of sulfonamides is 1. The van der Waals surface area contributed by atoms with Crippen LogP contribution < -0.4 is 5.73 Å². The fraction of sp³-hybridized carbons (Fsp3) is 0.500. The normalized spacial score (nSPS) is 18.3. The summed E-state index contributed by atoms with van der Waals surface area (Å²) >= 11 is 0. The predicted molar refractivity (Wildman–Crippen MR) is 81.4 cm³/mol. The summed E-state index contributed by atoms with van der Waals surface area (Å²) in [6.07, 6.45) is 4.61. The van der Waals surface area contributed by atoms with E-state index in [0.29, 0.717) is 24.7 Å². The SMILES string of the molecule is CCC1CCN(S(=O)(=O)c2c(N)nc3ccccn23)CC1. The van der Waals surface area contributed by atoms with Crippen LogP contribution in [0.25, 0.3) is 5.65 Å². The van der Waals surface area contributed by atoms with Crippen LogP contribution in [0, 0.1) is 5.92 Å². The molecule has 1 saturated heterocycles. The molecule has 2 aromatic rings. The first-order chi connectivity index (χ1) is 10.0. The number of nitrogens with two attached hydrogens (primary N) is 1. The Hall–Kier alpha value is -1.60. The van der Waals surface area contributed by atoms with Gasteiger partial charge in [-0.2, -0.15) is 4.31 Å². The lowest BCUT2D eigenvalue weighted by molar-refractivity contribution is 0.268. The van der Waals surface area contributed by atoms with E-state index in [9.17, 15) is 8.42 Å². The Bertz CT molecular complexity index is 745. The molecular weight excluding hydrogens is 288 g/mol. The molecule has 21 heavy (non-hydrogen) atoms. The summed E-state index contributed by atoms with van der Waals surface area (Å²) in [6.45, 7) is 3.26. The minimum atomic E-state index is -3.60. The van der Waals surface area contributed by atoms with Crippen molar-refractivity contribution < 1.29 is 8.42 Å². The molecule has 0 saturated carbocycles. The van der Waals surface area contributed by atoms with E-state index < -0.39 is 10.0 Å². The Kier molecular flexibility index (Phi) is 3.62. The first kappa shape index (κ1) is 14.3. The zero-order chi connectivity index (χ0) is 15.0. The highest BCUT2D eigenvalue weighted by atomic mass is 32.2. The van der Waals surface area contributed by atoms with Crippen LogP contribution in [0.15, 0.2) is 29.4 Å². The third-order valence-electron chi connectivity index (χ3n) is 4.25. The number of rotatable bonds is 3. The van der Waals surface area contributed by atoms with E-state index in [1.807, 2.05) is 6.07 Å². The third-order valence-corrected chi connectivity index (χ3v) is 6.19. The molecule has 0 aliphatic carbocycles. The topological polar surface area (TPSA) is 80.7 Å². The van der Waals surface area contributed by atoms with E-state index in [1.165, 1.54) is 4.31 Å². The molecular formula is C14H20N4O2S. The summed E-state index contributed by atoms with van der Waals surface area (Å²) in [4.78, 5) is 4.14. The average Bonchev–Trinajstić information content (AvgIpc) is 2.83. The van der Waals surface area contributed by atoms with Gasteiger partial charge in [-0.05, 0) is 30.9 Å². The lowest BCUT2D eigenvalue weighted by Gasteiger charge is -2.30. The molecule has 114 valence electrons. The van der Waals surface area contributed by atoms with E-state index in [4.69, 9.17) is 5.73 Å². The van der Waals surface area contributed by atoms with Crippen LogP contribution in [0.5, 0.6) is 0 Å². The maximum absolute atomic E-state index is 12.9. The number of anilines is 1. The Morgan fingerprint density at radius 3 is 2.71 bits per heavy atom. The fourth-order valence-electron chi connectivity index (χ4n) is 2.93. The van der Waals surface area contributed by atoms with Crippen LogP contribution in [0.4, 0.5) is 5.82 Å². The highest BCUT2D eigenvalue weighted by Gasteiger charge is 2.33. The van der Waals surface area contributed by atoms with Crippen LogP contribution >= 0.6 is 0 Å². The van der Waals surface area contributed by atoms with Gasteiger partial charge in [0.2, 0.25) is 0 Å². The monoisotopic (exact) mass is 308 g/mol. The fourth-order valence-corrected chi connectivity index (χ4v) is 4.58. The Morgan fingerprint density at radius 2 is 2.05 bits per heavy atom. The highest BCUT2D eigenvalue weighted by molar-refractivity contribution is 7.89. The lowest BCUT2D eigenvalue weighted by atomic mass is 9.96. The molecule has 0 radical (unpaired) electrons. The van der Waals surface area contributed by atoms with Crippen molar-refractivity contribution >= 4 is 21.5 Å². The van der Waals surface area contributed by atoms with Gasteiger partial charge in [-0.1, -0.05) is 19.4 Å². The van der Waals surface area contributed by atoms with Crippen LogP contribution in [0.3, 0.4) is 0 Å². The average molecular weight is 308 g/mol. The van der Waals surface area contributed by atoms with Gasteiger partial charge in [-0.25, -0.2) is 13.4 Å². The first-order valence-corrected chi connectivity index (χ1v) is 8.70. The summed E-state index contributed by atoms with van der Waals surface area (Å²) in [6, 6.07) is 5.33. The van der Waals surface area contributed by atoms with E-state index in [-0.39, 0.29) is 10.8 Å². The van der Waals surface area contributed by atoms with E-state index in [1.54, 1.807) is 22.7 Å². The number of nitrogens with zero attached hydrogens (tertiary/aromatic N) is 3. The van der Waals surface area contributed by atoms with Gasteiger partial charge in [-0.15, -0.1) is 0 Å². The number of hydrogen-bond donors (Lipinski definition) is 1. The van der Waals surface area contributed by atoms with Gasteiger partial charge in [-0.3, -0.25) is 4.40 Å². The quantitative estimate of drug-likeness (QED) is 0.936. The molecule has 0 bridgehead atoms. The van der Waals surface area contributed by atoms with Crippen molar-refractivity contribution in [3.63, 3.8) is 0 Å². The second-order valence-corrected chi connectivity index (χ2v) is 7.34. The number of aromatic nitrogens is 2. The molecule has 0 unspecified atom stereocenters. The largest absolute Gasteiger partial charge is 0.381 e. The third kappa shape index (κ3) is 2.40. The van der Waals surface area contributed by atoms with Crippen LogP contribution in [-0.2, 0) is 10.0 Å². The van der Waals surface area contributed by atoms with Gasteiger partial charge in [0.15, 0.2) is 10.8 Å². The van der Waals surface area contributed by atoms with Crippen molar-refractivity contribution in [2.75, 3.05) is 18.8 Å². The molecule has 3 rings (SSSR count). The van der Waals surface area contributed by atoms with Gasteiger partial charge in [0, 0.05) is 19.3 Å². The molecule has 2 aromatic heterocycles. The van der Waals surface area contributed by atoms with Crippen molar-refractivity contribution in [2.45, 2.75) is 31.2 Å². The van der Waals surface area contributed by atoms with Gasteiger partial charge in [0.05, 0.1) is 0 Å². The van der Waals surface area contributed by atoms with Crippen LogP contribution in [0.2, 0.25) is 0 Å². The standard InChI is InChI=1S/C14H20N4O2S/c1-2-11-6-9-17(10-7-11)21(19,20)14-13(15)16-12-5-3-4-8-18(12)14/h3-5,8,11H,2,6-7,9-10,15H2,1H3. The van der Waals surface area contributed by atoms with Crippen molar-refractivity contribution in [1.29, 1.82) is 0 Å². The molecule has 1 aliphatic heterocycles. The lowest BCUT2D eigenvalue weighted by Crippen LogP contribution is -2.39. The predicted octanol–water partition coefficient (Wildman–Crippen LogP) is 1.73. The molecule has 6 nitrogen and oxygen atoms in total. The molecule has 0 amide bonds. The van der Waals surface area contributed by atoms with Gasteiger partial charge >= 0.3 is 0 Å². The van der Waals surface area contributed by atoms with E-state index >= 15 is 0 Å². The minimum absolute atomic E-state index is 0.0683. The van der Waals surface area contributed by atoms with Crippen molar-refractivity contribution in [1.82, 2.24) is 13.7 Å². The number of piperidine rings is 1. The summed E-state index contributed by atoms with van der Waals surface area (Å²) in [5.74, 6) is 0.690. The van der Waals surface area contributed by atoms with E-state index in [0.717, 1.165) is 19.3 Å². The number of fused-ring (bicyclic) bond motifs is 1. The number of pyridine rings is 1. The minimum Gasteiger partial charge on any atom is -0.381 e. The summed E-state index contributed by atoms with van der Waals surface area (Å²) < 4.78 is 28.8. The second-order valence-electron chi connectivity index (χ2n) is 5.49. The maximum Gasteiger partial charge on any atom is 0.262 e. The maximum atomic E-state index is 12.9. The Balaban J connectivity index is 1.99. The Morgan fingerprint density at radius 1 is 1.33 bits per heavy atom. The van der Waals surface area contributed by atoms with Gasteiger partial charge in [0.1, 0.15) is 5.65 Å². The van der Waals surface area contributed by atoms with E-state index in [2.05, 4.69) is 11.9 Å². The van der Waals surface area contributed by atoms with Gasteiger partial charge < -0.3 is 5.73 Å². The molecule has 0 aromatic carbocycles. The molecule has 2 N–H and O–H groups in total. The number of hydrogen-bond acceptors (Lipinski definition) is 4. The first-order valence-electron chi connectivity index (χ1n) is 7.26. The van der Waals surface area contributed by atoms with Crippen molar-refractivity contribution in [3.05, 3.63) is 24.4 Å². The molecule has 1 fully saturated rings. The molecule has 3 heterocycles. The number of nitrogen functional groups attached to an aromatic ring is 1. The highest BCUT2D eigenvalue weighted by Crippen LogP contribution is 2.28. The summed E-state index contributed by atoms with van der Waals surface area (Å²) in [5, 5.41) is 0.0908. The second kappa shape index (κ2) is 5.31. The van der Waals surface area contributed by atoms with Gasteiger partial charge in [0.25, 0.3) is 10.0 Å². The molecule has 1 aliphatic rings. The summed E-state index contributed by atoms with van der Waals surface area (Å²) in [5.41, 5.74) is 6.41. The summed E-state index contributed by atoms with van der Waals surface area (Å²) in [7, 11) is -3.60. The van der Waals surface area contributed by atoms with Crippen molar-refractivity contribution in [2.24, 2.45) is 5.92 Å². The zero-order valence-corrected chi connectivity index (χ0v) is 12.9. The Labute approximate surface area is 124 Å². The van der Waals surface area contributed by atoms with Crippen LogP contribution in [0.1, 0.15) is 26.2 Å². The molecule has 0 atom stereocenters. The number of imidazole rings is 1. The molecule has 0 spiro atoms.